The molecule has 5 rings (SSSR count). The maximum atomic E-state index is 13.9. The number of aliphatic hydroxyl groups excluding tert-OH is 1. The molecule has 1 aliphatic rings. The van der Waals surface area contributed by atoms with Gasteiger partial charge in [-0.2, -0.15) is 0 Å². The molecule has 0 saturated heterocycles. The molecular weight excluding hydrogens is 498 g/mol. The van der Waals surface area contributed by atoms with E-state index in [1.54, 1.807) is 32.0 Å². The lowest BCUT2D eigenvalue weighted by molar-refractivity contribution is -0.117. The summed E-state index contributed by atoms with van der Waals surface area (Å²) in [5.41, 5.74) is 2.77. The average molecular weight is 522 g/mol. The summed E-state index contributed by atoms with van der Waals surface area (Å²) in [5.74, 6) is -0.828. The summed E-state index contributed by atoms with van der Waals surface area (Å²) in [6.45, 7) is 5.52. The maximum absolute atomic E-state index is 13.9. The highest BCUT2D eigenvalue weighted by atomic mass is 32.1. The molecule has 0 aliphatic carbocycles. The first-order valence-electron chi connectivity index (χ1n) is 11.1. The number of Topliss-reactive ketones (excluding diaryl/α,β-unsaturated/α-hetero) is 1. The van der Waals surface area contributed by atoms with Gasteiger partial charge in [0.05, 0.1) is 45.6 Å². The fourth-order valence-corrected chi connectivity index (χ4v) is 6.33. The van der Waals surface area contributed by atoms with Gasteiger partial charge in [0.2, 0.25) is 5.78 Å². The number of hydrogen-bond donors (Lipinski definition) is 1. The molecule has 2 aromatic carbocycles. The van der Waals surface area contributed by atoms with Crippen molar-refractivity contribution in [3.63, 3.8) is 0 Å². The van der Waals surface area contributed by atoms with E-state index in [0.717, 1.165) is 15.8 Å². The number of methoxy groups -OCH3 is 2. The van der Waals surface area contributed by atoms with Crippen LogP contribution in [0.15, 0.2) is 47.7 Å². The molecule has 3 heterocycles. The molecular formula is C26H23N3O5S2. The number of aliphatic hydroxyl groups is 1. The Hall–Kier alpha value is -3.76. The Kier molecular flexibility index (Phi) is 6.01. The number of amides is 1. The summed E-state index contributed by atoms with van der Waals surface area (Å²) in [7, 11) is 3.04. The average Bonchev–Trinajstić information content (AvgIpc) is 3.50. The van der Waals surface area contributed by atoms with Gasteiger partial charge in [-0.1, -0.05) is 17.4 Å². The third-order valence-electron chi connectivity index (χ3n) is 6.03. The van der Waals surface area contributed by atoms with E-state index in [2.05, 4.69) is 9.97 Å². The van der Waals surface area contributed by atoms with Gasteiger partial charge < -0.3 is 14.6 Å². The number of hydrogen-bond acceptors (Lipinski definition) is 9. The van der Waals surface area contributed by atoms with Crippen molar-refractivity contribution in [1.29, 1.82) is 0 Å². The second-order valence-corrected chi connectivity index (χ2v) is 10.6. The first-order valence-corrected chi connectivity index (χ1v) is 12.7. The second-order valence-electron chi connectivity index (χ2n) is 8.39. The van der Waals surface area contributed by atoms with Gasteiger partial charge in [0, 0.05) is 5.56 Å². The number of aromatic nitrogens is 2. The summed E-state index contributed by atoms with van der Waals surface area (Å²) in [6, 6.07) is 9.97. The van der Waals surface area contributed by atoms with Crippen LogP contribution in [0.2, 0.25) is 0 Å². The van der Waals surface area contributed by atoms with Crippen molar-refractivity contribution in [2.24, 2.45) is 0 Å². The SMILES string of the molecule is COc1ccc(OC)c(C2C(C(=O)c3sc(C)nc3C)=C(O)C(=O)N2c2nc3ccc(C)cc3s2)c1. The fraction of sp³-hybridized carbons (Fsp3) is 0.231. The number of ketones is 1. The lowest BCUT2D eigenvalue weighted by Crippen LogP contribution is -2.31. The number of carbonyl (C=O) groups excluding carboxylic acids is 2. The minimum Gasteiger partial charge on any atom is -0.503 e. The van der Waals surface area contributed by atoms with Crippen LogP contribution in [0, 0.1) is 20.8 Å². The van der Waals surface area contributed by atoms with Gasteiger partial charge in [0.15, 0.2) is 10.9 Å². The fourth-order valence-electron chi connectivity index (χ4n) is 4.37. The monoisotopic (exact) mass is 521 g/mol. The number of thiazole rings is 2. The third kappa shape index (κ3) is 3.82. The van der Waals surface area contributed by atoms with Crippen LogP contribution in [-0.4, -0.2) is 41.0 Å². The lowest BCUT2D eigenvalue weighted by atomic mass is 9.94. The Bertz CT molecular complexity index is 1570. The first-order chi connectivity index (χ1) is 17.2. The molecule has 0 spiro atoms. The van der Waals surface area contributed by atoms with E-state index in [-0.39, 0.29) is 5.57 Å². The smallest absolute Gasteiger partial charge is 0.296 e. The highest BCUT2D eigenvalue weighted by Gasteiger charge is 2.47. The van der Waals surface area contributed by atoms with E-state index in [1.165, 1.54) is 41.8 Å². The third-order valence-corrected chi connectivity index (χ3v) is 8.12. The standard InChI is InChI=1S/C26H23N3O5S2/c1-12-6-8-17-19(10-12)36-26(28-17)29-21(16-11-15(33-4)7-9-18(16)34-5)20(23(31)25(29)32)22(30)24-13(2)27-14(3)35-24/h6-11,21,31H,1-5H3. The first kappa shape index (κ1) is 24.0. The van der Waals surface area contributed by atoms with Gasteiger partial charge in [-0.3, -0.25) is 14.5 Å². The molecule has 1 aliphatic heterocycles. The zero-order chi connectivity index (χ0) is 25.7. The molecule has 36 heavy (non-hydrogen) atoms. The van der Waals surface area contributed by atoms with E-state index in [0.29, 0.717) is 37.8 Å². The molecule has 8 nitrogen and oxygen atoms in total. The molecule has 10 heteroatoms. The van der Waals surface area contributed by atoms with Gasteiger partial charge in [0.1, 0.15) is 17.5 Å². The Morgan fingerprint density at radius 1 is 1.03 bits per heavy atom. The predicted molar refractivity (Wildman–Crippen MR) is 140 cm³/mol. The molecule has 1 unspecified atom stereocenters. The maximum Gasteiger partial charge on any atom is 0.296 e. The predicted octanol–water partition coefficient (Wildman–Crippen LogP) is 5.48. The van der Waals surface area contributed by atoms with Crippen molar-refractivity contribution in [1.82, 2.24) is 9.97 Å². The normalized spacial score (nSPS) is 15.8. The summed E-state index contributed by atoms with van der Waals surface area (Å²) < 4.78 is 11.9. The minimum absolute atomic E-state index is 0.0475. The van der Waals surface area contributed by atoms with Crippen molar-refractivity contribution in [2.75, 3.05) is 19.1 Å². The van der Waals surface area contributed by atoms with Crippen LogP contribution < -0.4 is 14.4 Å². The number of ether oxygens (including phenoxy) is 2. The van der Waals surface area contributed by atoms with Crippen LogP contribution >= 0.6 is 22.7 Å². The highest BCUT2D eigenvalue weighted by molar-refractivity contribution is 7.22. The van der Waals surface area contributed by atoms with E-state index in [1.807, 2.05) is 25.1 Å². The summed E-state index contributed by atoms with van der Waals surface area (Å²) >= 11 is 2.54. The van der Waals surface area contributed by atoms with Crippen LogP contribution in [0.4, 0.5) is 5.13 Å². The van der Waals surface area contributed by atoms with E-state index in [9.17, 15) is 14.7 Å². The van der Waals surface area contributed by atoms with Crippen molar-refractivity contribution in [3.8, 4) is 11.5 Å². The van der Waals surface area contributed by atoms with Crippen molar-refractivity contribution in [2.45, 2.75) is 26.8 Å². The lowest BCUT2D eigenvalue weighted by Gasteiger charge is -2.26. The molecule has 184 valence electrons. The zero-order valence-corrected chi connectivity index (χ0v) is 21.9. The summed E-state index contributed by atoms with van der Waals surface area (Å²) in [4.78, 5) is 38.2. The zero-order valence-electron chi connectivity index (χ0n) is 20.3. The molecule has 2 aromatic heterocycles. The van der Waals surface area contributed by atoms with Crippen LogP contribution in [-0.2, 0) is 4.79 Å². The van der Waals surface area contributed by atoms with Gasteiger partial charge in [0.25, 0.3) is 5.91 Å². The Morgan fingerprint density at radius 3 is 2.47 bits per heavy atom. The van der Waals surface area contributed by atoms with Crippen molar-refractivity contribution < 1.29 is 24.2 Å². The summed E-state index contributed by atoms with van der Waals surface area (Å²) in [6.07, 6.45) is 0. The number of anilines is 1. The van der Waals surface area contributed by atoms with Gasteiger partial charge >= 0.3 is 0 Å². The van der Waals surface area contributed by atoms with Crippen molar-refractivity contribution in [3.05, 3.63) is 74.4 Å². The number of carbonyl (C=O) groups is 2. The Balaban J connectivity index is 1.75. The minimum atomic E-state index is -0.987. The van der Waals surface area contributed by atoms with Crippen LogP contribution in [0.3, 0.4) is 0 Å². The molecule has 0 radical (unpaired) electrons. The van der Waals surface area contributed by atoms with Crippen LogP contribution in [0.25, 0.3) is 10.2 Å². The molecule has 4 aromatic rings. The largest absolute Gasteiger partial charge is 0.503 e. The quantitative estimate of drug-likeness (QED) is 0.335. The Morgan fingerprint density at radius 2 is 1.81 bits per heavy atom. The molecule has 0 saturated carbocycles. The number of fused-ring (bicyclic) bond motifs is 1. The second kappa shape index (κ2) is 9.03. The number of aryl methyl sites for hydroxylation is 3. The number of nitrogens with zero attached hydrogens (tertiary/aromatic N) is 3. The van der Waals surface area contributed by atoms with E-state index in [4.69, 9.17) is 9.47 Å². The summed E-state index contributed by atoms with van der Waals surface area (Å²) in [5, 5.41) is 12.2. The van der Waals surface area contributed by atoms with Gasteiger partial charge in [-0.25, -0.2) is 9.97 Å². The number of rotatable bonds is 6. The molecule has 1 amide bonds. The molecule has 1 N–H and O–H groups in total. The van der Waals surface area contributed by atoms with Gasteiger partial charge in [-0.15, -0.1) is 11.3 Å². The van der Waals surface area contributed by atoms with Crippen LogP contribution in [0.1, 0.15) is 37.5 Å². The molecule has 0 fully saturated rings. The van der Waals surface area contributed by atoms with Crippen molar-refractivity contribution >= 4 is 49.7 Å². The number of benzene rings is 2. The van der Waals surface area contributed by atoms with Gasteiger partial charge in [-0.05, 0) is 56.7 Å². The Labute approximate surface area is 215 Å². The topological polar surface area (TPSA) is 102 Å². The molecule has 0 bridgehead atoms. The highest BCUT2D eigenvalue weighted by Crippen LogP contribution is 2.47. The van der Waals surface area contributed by atoms with Crippen LogP contribution in [0.5, 0.6) is 11.5 Å². The van der Waals surface area contributed by atoms with E-state index >= 15 is 0 Å². The van der Waals surface area contributed by atoms with E-state index < -0.39 is 23.5 Å². The molecule has 1 atom stereocenters.